The number of aromatic nitrogens is 1. The highest BCUT2D eigenvalue weighted by atomic mass is 16.6. The Morgan fingerprint density at radius 1 is 1.29 bits per heavy atom. The lowest BCUT2D eigenvalue weighted by Gasteiger charge is -2.39. The first-order chi connectivity index (χ1) is 11.7. The Hall–Kier alpha value is -2.11. The Kier molecular flexibility index (Phi) is 4.12. The normalized spacial score (nSPS) is 24.1. The summed E-state index contributed by atoms with van der Waals surface area (Å²) in [5, 5.41) is 2.70. The number of nitrogens with one attached hydrogen (secondary N) is 1. The molecule has 1 aromatic rings. The van der Waals surface area contributed by atoms with E-state index in [0.717, 1.165) is 13.1 Å². The molecule has 128 valence electrons. The quantitative estimate of drug-likeness (QED) is 0.898. The molecule has 6 heteroatoms. The molecule has 1 saturated carbocycles. The third-order valence-corrected chi connectivity index (χ3v) is 5.48. The number of cyclic esters (lactones) is 1. The molecule has 4 rings (SSSR count). The summed E-state index contributed by atoms with van der Waals surface area (Å²) in [4.78, 5) is 29.6. The van der Waals surface area contributed by atoms with Crippen molar-refractivity contribution in [3.8, 4) is 0 Å². The molecule has 1 atom stereocenters. The average Bonchev–Trinajstić information content (AvgIpc) is 2.89. The minimum Gasteiger partial charge on any atom is -0.447 e. The van der Waals surface area contributed by atoms with Crippen LogP contribution in [0.3, 0.4) is 0 Å². The van der Waals surface area contributed by atoms with E-state index in [1.54, 1.807) is 0 Å². The lowest BCUT2D eigenvalue weighted by atomic mass is 9.82. The largest absolute Gasteiger partial charge is 0.447 e. The van der Waals surface area contributed by atoms with Crippen LogP contribution in [0.1, 0.15) is 55.2 Å². The van der Waals surface area contributed by atoms with E-state index in [9.17, 15) is 9.59 Å². The Balaban J connectivity index is 1.22. The van der Waals surface area contributed by atoms with Gasteiger partial charge in [0.25, 0.3) is 0 Å². The number of ether oxygens (including phenoxy) is 1. The summed E-state index contributed by atoms with van der Waals surface area (Å²) in [5.74, 6) is 1.23. The van der Waals surface area contributed by atoms with Gasteiger partial charge < -0.3 is 15.0 Å². The molecule has 0 unspecified atom stereocenters. The first-order valence-electron chi connectivity index (χ1n) is 8.86. The van der Waals surface area contributed by atoms with Gasteiger partial charge in [0.05, 0.1) is 6.04 Å². The fourth-order valence-corrected chi connectivity index (χ4v) is 3.53. The molecule has 2 amide bonds. The van der Waals surface area contributed by atoms with Crippen molar-refractivity contribution in [2.45, 2.75) is 50.0 Å². The van der Waals surface area contributed by atoms with Crippen molar-refractivity contribution in [2.24, 2.45) is 0 Å². The number of carbonyl (C=O) groups excluding carboxylic acids is 2. The van der Waals surface area contributed by atoms with E-state index in [1.807, 2.05) is 11.1 Å². The maximum Gasteiger partial charge on any atom is 0.407 e. The number of carbonyl (C=O) groups is 2. The van der Waals surface area contributed by atoms with Crippen LogP contribution in [0.2, 0.25) is 0 Å². The summed E-state index contributed by atoms with van der Waals surface area (Å²) < 4.78 is 4.83. The van der Waals surface area contributed by atoms with Crippen LogP contribution in [0.5, 0.6) is 0 Å². The van der Waals surface area contributed by atoms with E-state index in [2.05, 4.69) is 22.4 Å². The maximum absolute atomic E-state index is 12.2. The number of nitrogens with zero attached hydrogens (tertiary/aromatic N) is 2. The van der Waals surface area contributed by atoms with Crippen molar-refractivity contribution in [1.29, 1.82) is 0 Å². The molecule has 0 aromatic carbocycles. The van der Waals surface area contributed by atoms with Crippen LogP contribution in [0.15, 0.2) is 18.3 Å². The SMILES string of the molecule is O=C1N[C@H](CCC(=O)N2CC(c3ccc(C4CCC4)nc3)C2)CO1. The Morgan fingerprint density at radius 2 is 2.12 bits per heavy atom. The van der Waals surface area contributed by atoms with Gasteiger partial charge >= 0.3 is 6.09 Å². The molecule has 2 saturated heterocycles. The minimum atomic E-state index is -0.380. The van der Waals surface area contributed by atoms with Gasteiger partial charge in [0.2, 0.25) is 5.91 Å². The van der Waals surface area contributed by atoms with E-state index in [1.165, 1.54) is 30.5 Å². The summed E-state index contributed by atoms with van der Waals surface area (Å²) in [7, 11) is 0. The van der Waals surface area contributed by atoms with Gasteiger partial charge in [-0.15, -0.1) is 0 Å². The van der Waals surface area contributed by atoms with E-state index >= 15 is 0 Å². The Bertz CT molecular complexity index is 621. The molecule has 0 radical (unpaired) electrons. The molecule has 3 aliphatic rings. The van der Waals surface area contributed by atoms with E-state index in [-0.39, 0.29) is 18.0 Å². The van der Waals surface area contributed by atoms with Gasteiger partial charge in [-0.25, -0.2) is 4.79 Å². The molecule has 24 heavy (non-hydrogen) atoms. The van der Waals surface area contributed by atoms with Crippen molar-refractivity contribution in [3.05, 3.63) is 29.6 Å². The molecule has 3 heterocycles. The number of alkyl carbamates (subject to hydrolysis) is 1. The Morgan fingerprint density at radius 3 is 2.71 bits per heavy atom. The highest BCUT2D eigenvalue weighted by Crippen LogP contribution is 2.36. The second-order valence-electron chi connectivity index (χ2n) is 7.12. The van der Waals surface area contributed by atoms with Crippen molar-refractivity contribution in [3.63, 3.8) is 0 Å². The molecular weight excluding hydrogens is 306 g/mol. The first-order valence-corrected chi connectivity index (χ1v) is 8.86. The topological polar surface area (TPSA) is 71.5 Å². The number of pyridine rings is 1. The molecular formula is C18H23N3O3. The molecule has 6 nitrogen and oxygen atoms in total. The van der Waals surface area contributed by atoms with Gasteiger partial charge in [-0.3, -0.25) is 9.78 Å². The number of likely N-dealkylation sites (tertiary alicyclic amines) is 1. The van der Waals surface area contributed by atoms with Crippen molar-refractivity contribution >= 4 is 12.0 Å². The number of hydrogen-bond acceptors (Lipinski definition) is 4. The highest BCUT2D eigenvalue weighted by molar-refractivity contribution is 5.77. The standard InChI is InChI=1S/C18H23N3O3/c22-17(7-5-15-11-24-18(23)20-15)21-9-14(10-21)13-4-6-16(19-8-13)12-2-1-3-12/h4,6,8,12,14-15H,1-3,5,7,9-11H2,(H,20,23)/t15-/m1/s1. The van der Waals surface area contributed by atoms with Gasteiger partial charge in [-0.2, -0.15) is 0 Å². The zero-order valence-corrected chi connectivity index (χ0v) is 13.7. The lowest BCUT2D eigenvalue weighted by Crippen LogP contribution is -2.48. The smallest absolute Gasteiger partial charge is 0.407 e. The molecule has 2 aliphatic heterocycles. The number of hydrogen-bond donors (Lipinski definition) is 1. The molecule has 1 N–H and O–H groups in total. The van der Waals surface area contributed by atoms with Crippen LogP contribution in [-0.4, -0.2) is 47.6 Å². The second kappa shape index (κ2) is 6.42. The van der Waals surface area contributed by atoms with E-state index < -0.39 is 0 Å². The van der Waals surface area contributed by atoms with Crippen LogP contribution >= 0.6 is 0 Å². The van der Waals surface area contributed by atoms with Gasteiger partial charge in [0.15, 0.2) is 0 Å². The third kappa shape index (κ3) is 3.09. The zero-order chi connectivity index (χ0) is 16.5. The van der Waals surface area contributed by atoms with Gasteiger partial charge in [-0.1, -0.05) is 12.5 Å². The van der Waals surface area contributed by atoms with Crippen molar-refractivity contribution < 1.29 is 14.3 Å². The Labute approximate surface area is 141 Å². The maximum atomic E-state index is 12.2. The lowest BCUT2D eigenvalue weighted by molar-refractivity contribution is -0.135. The molecule has 3 fully saturated rings. The fraction of sp³-hybridized carbons (Fsp3) is 0.611. The predicted octanol–water partition coefficient (Wildman–Crippen LogP) is 2.16. The molecule has 1 aliphatic carbocycles. The summed E-state index contributed by atoms with van der Waals surface area (Å²) in [6.07, 6.45) is 6.57. The fourth-order valence-electron chi connectivity index (χ4n) is 3.53. The van der Waals surface area contributed by atoms with Crippen LogP contribution in [-0.2, 0) is 9.53 Å². The average molecular weight is 329 g/mol. The molecule has 1 aromatic heterocycles. The van der Waals surface area contributed by atoms with Crippen molar-refractivity contribution in [2.75, 3.05) is 19.7 Å². The van der Waals surface area contributed by atoms with Crippen molar-refractivity contribution in [1.82, 2.24) is 15.2 Å². The first kappa shape index (κ1) is 15.4. The summed E-state index contributed by atoms with van der Waals surface area (Å²) >= 11 is 0. The number of rotatable bonds is 5. The van der Waals surface area contributed by atoms with Gasteiger partial charge in [0, 0.05) is 43.2 Å². The van der Waals surface area contributed by atoms with Crippen LogP contribution in [0.25, 0.3) is 0 Å². The predicted molar refractivity (Wildman–Crippen MR) is 87.7 cm³/mol. The molecule has 0 bridgehead atoms. The third-order valence-electron chi connectivity index (χ3n) is 5.48. The van der Waals surface area contributed by atoms with Crippen LogP contribution in [0, 0.1) is 0 Å². The van der Waals surface area contributed by atoms with E-state index in [4.69, 9.17) is 4.74 Å². The van der Waals surface area contributed by atoms with Gasteiger partial charge in [-0.05, 0) is 30.9 Å². The van der Waals surface area contributed by atoms with E-state index in [0.29, 0.717) is 31.3 Å². The summed E-state index contributed by atoms with van der Waals surface area (Å²) in [6, 6.07) is 4.31. The highest BCUT2D eigenvalue weighted by Gasteiger charge is 2.33. The van der Waals surface area contributed by atoms with Gasteiger partial charge in [0.1, 0.15) is 6.61 Å². The number of amides is 2. The zero-order valence-electron chi connectivity index (χ0n) is 13.7. The summed E-state index contributed by atoms with van der Waals surface area (Å²) in [5.41, 5.74) is 2.46. The molecule has 0 spiro atoms. The second-order valence-corrected chi connectivity index (χ2v) is 7.12. The monoisotopic (exact) mass is 329 g/mol. The summed E-state index contributed by atoms with van der Waals surface area (Å²) in [6.45, 7) is 1.92. The van der Waals surface area contributed by atoms with Crippen LogP contribution in [0.4, 0.5) is 4.79 Å². The minimum absolute atomic E-state index is 0.0261. The van der Waals surface area contributed by atoms with Crippen LogP contribution < -0.4 is 5.32 Å².